The molecule has 2 aromatic rings. The third kappa shape index (κ3) is 4.96. The molecule has 1 aromatic carbocycles. The van der Waals surface area contributed by atoms with E-state index >= 15 is 0 Å². The molecule has 0 saturated carbocycles. The summed E-state index contributed by atoms with van der Waals surface area (Å²) in [6.07, 6.45) is 1.20. The fourth-order valence-electron chi connectivity index (χ4n) is 3.54. The Kier molecular flexibility index (Phi) is 7.77. The number of hydrogen-bond donors (Lipinski definition) is 0. The van der Waals surface area contributed by atoms with Gasteiger partial charge in [0, 0.05) is 13.0 Å². The molecule has 2 heterocycles. The fourth-order valence-corrected chi connectivity index (χ4v) is 4.03. The highest BCUT2D eigenvalue weighted by Gasteiger charge is 2.40. The van der Waals surface area contributed by atoms with Gasteiger partial charge in [-0.1, -0.05) is 64.5 Å². The van der Waals surface area contributed by atoms with Gasteiger partial charge in [-0.05, 0) is 29.9 Å². The van der Waals surface area contributed by atoms with Gasteiger partial charge in [-0.3, -0.25) is 19.1 Å². The van der Waals surface area contributed by atoms with Crippen molar-refractivity contribution in [2.45, 2.75) is 45.4 Å². The van der Waals surface area contributed by atoms with Crippen molar-refractivity contribution >= 4 is 57.0 Å². The van der Waals surface area contributed by atoms with Gasteiger partial charge >= 0.3 is 5.97 Å². The molecule has 0 aliphatic carbocycles. The second-order valence-corrected chi connectivity index (χ2v) is 8.75. The van der Waals surface area contributed by atoms with Gasteiger partial charge in [0.15, 0.2) is 0 Å². The van der Waals surface area contributed by atoms with E-state index in [0.29, 0.717) is 41.9 Å². The summed E-state index contributed by atoms with van der Waals surface area (Å²) >= 11 is 8.63. The van der Waals surface area contributed by atoms with Crippen molar-refractivity contribution in [2.75, 3.05) is 18.6 Å². The number of nitrogens with zero attached hydrogens (tertiary/aromatic N) is 3. The molecule has 1 aromatic heterocycles. The van der Waals surface area contributed by atoms with Crippen LogP contribution in [0.4, 0.5) is 5.95 Å². The summed E-state index contributed by atoms with van der Waals surface area (Å²) < 4.78 is 14.5. The van der Waals surface area contributed by atoms with Gasteiger partial charge in [0.25, 0.3) is 0 Å². The maximum atomic E-state index is 12.6. The molecule has 1 saturated heterocycles. The second-order valence-electron chi connectivity index (χ2n) is 7.72. The third-order valence-electron chi connectivity index (χ3n) is 5.20. The molecule has 9 heteroatoms. The van der Waals surface area contributed by atoms with Crippen LogP contribution in [-0.4, -0.2) is 35.1 Å². The van der Waals surface area contributed by atoms with Crippen molar-refractivity contribution in [3.8, 4) is 0 Å². The number of aromatic nitrogens is 2. The summed E-state index contributed by atoms with van der Waals surface area (Å²) in [5.41, 5.74) is 0.921. The lowest BCUT2D eigenvalue weighted by molar-refractivity contribution is -0.146. The number of benzene rings is 1. The standard InChI is InChI=1S/C22H25ClIN3O4/c1-22(2,20(29)30-3)19-18(16(23)12-24)27(14-31-13-15-8-5-4-6-9-15)21(25-19)26-11-7-10-17(26)28/h4-6,8-9,12H,7,10-11,13-14H2,1-3H3/b16-12+. The third-order valence-corrected chi connectivity index (χ3v) is 6.48. The minimum Gasteiger partial charge on any atom is -0.468 e. The lowest BCUT2D eigenvalue weighted by Gasteiger charge is -2.21. The van der Waals surface area contributed by atoms with Gasteiger partial charge in [-0.15, -0.1) is 0 Å². The predicted octanol–water partition coefficient (Wildman–Crippen LogP) is 4.61. The zero-order valence-corrected chi connectivity index (χ0v) is 20.6. The first kappa shape index (κ1) is 23.7. The van der Waals surface area contributed by atoms with Crippen molar-refractivity contribution < 1.29 is 19.1 Å². The molecule has 31 heavy (non-hydrogen) atoms. The van der Waals surface area contributed by atoms with Crippen molar-refractivity contribution in [3.05, 3.63) is 51.4 Å². The number of rotatable bonds is 8. The average molecular weight is 558 g/mol. The van der Waals surface area contributed by atoms with Crippen molar-refractivity contribution in [3.63, 3.8) is 0 Å². The summed E-state index contributed by atoms with van der Waals surface area (Å²) in [6, 6.07) is 9.79. The molecular formula is C22H25ClIN3O4. The monoisotopic (exact) mass is 557 g/mol. The number of esters is 1. The van der Waals surface area contributed by atoms with Gasteiger partial charge in [-0.2, -0.15) is 0 Å². The Morgan fingerprint density at radius 1 is 1.32 bits per heavy atom. The summed E-state index contributed by atoms with van der Waals surface area (Å²) in [4.78, 5) is 31.4. The summed E-state index contributed by atoms with van der Waals surface area (Å²) in [5, 5.41) is 0.404. The van der Waals surface area contributed by atoms with Crippen molar-refractivity contribution in [1.82, 2.24) is 9.55 Å². The number of carbonyl (C=O) groups excluding carboxylic acids is 2. The van der Waals surface area contributed by atoms with Crippen LogP contribution in [0.15, 0.2) is 34.4 Å². The van der Waals surface area contributed by atoms with Crippen LogP contribution in [0.5, 0.6) is 0 Å². The molecule has 1 fully saturated rings. The van der Waals surface area contributed by atoms with Crippen LogP contribution in [0, 0.1) is 0 Å². The van der Waals surface area contributed by atoms with E-state index in [1.807, 2.05) is 52.9 Å². The molecule has 1 aliphatic rings. The summed E-state index contributed by atoms with van der Waals surface area (Å²) in [7, 11) is 1.34. The van der Waals surface area contributed by atoms with E-state index in [2.05, 4.69) is 0 Å². The molecule has 0 N–H and O–H groups in total. The van der Waals surface area contributed by atoms with Crippen LogP contribution in [0.1, 0.15) is 43.6 Å². The quantitative estimate of drug-likeness (QED) is 0.350. The number of ether oxygens (including phenoxy) is 2. The number of carbonyl (C=O) groups is 2. The average Bonchev–Trinajstić information content (AvgIpc) is 3.36. The van der Waals surface area contributed by atoms with Gasteiger partial charge in [0.2, 0.25) is 11.9 Å². The molecule has 7 nitrogen and oxygen atoms in total. The first-order valence-corrected chi connectivity index (χ1v) is 11.5. The van der Waals surface area contributed by atoms with E-state index in [4.69, 9.17) is 26.1 Å². The normalized spacial score (nSPS) is 14.9. The SMILES string of the molecule is COC(=O)C(C)(C)c1nc(N2CCCC2=O)n(COCc2ccccc2)c1/C(Cl)=C\I. The summed E-state index contributed by atoms with van der Waals surface area (Å²) in [6.45, 7) is 4.51. The molecule has 166 valence electrons. The van der Waals surface area contributed by atoms with Crippen LogP contribution < -0.4 is 4.90 Å². The summed E-state index contributed by atoms with van der Waals surface area (Å²) in [5.74, 6) is -0.0346. The first-order chi connectivity index (χ1) is 14.8. The first-order valence-electron chi connectivity index (χ1n) is 9.89. The minimum atomic E-state index is -1.08. The Morgan fingerprint density at radius 2 is 2.03 bits per heavy atom. The van der Waals surface area contributed by atoms with E-state index in [9.17, 15) is 9.59 Å². The Bertz CT molecular complexity index is 988. The van der Waals surface area contributed by atoms with Crippen LogP contribution in [0.2, 0.25) is 0 Å². The maximum Gasteiger partial charge on any atom is 0.317 e. The number of halogens is 2. The molecule has 0 bridgehead atoms. The molecule has 0 unspecified atom stereocenters. The van der Waals surface area contributed by atoms with E-state index in [1.165, 1.54) is 7.11 Å². The van der Waals surface area contributed by atoms with E-state index < -0.39 is 11.4 Å². The van der Waals surface area contributed by atoms with Gasteiger partial charge in [-0.25, -0.2) is 4.98 Å². The Labute approximate surface area is 200 Å². The van der Waals surface area contributed by atoms with Crippen LogP contribution in [0.25, 0.3) is 5.03 Å². The molecule has 1 amide bonds. The lowest BCUT2D eigenvalue weighted by atomic mass is 9.88. The zero-order valence-electron chi connectivity index (χ0n) is 17.7. The second kappa shape index (κ2) is 10.1. The zero-order chi connectivity index (χ0) is 22.6. The van der Waals surface area contributed by atoms with E-state index in [1.54, 1.807) is 27.4 Å². The number of imidazole rings is 1. The number of anilines is 1. The molecule has 0 spiro atoms. The number of hydrogen-bond acceptors (Lipinski definition) is 5. The van der Waals surface area contributed by atoms with Crippen molar-refractivity contribution in [1.29, 1.82) is 0 Å². The minimum absolute atomic E-state index is 0.0159. The van der Waals surface area contributed by atoms with E-state index in [-0.39, 0.29) is 12.6 Å². The largest absolute Gasteiger partial charge is 0.468 e. The molecule has 3 rings (SSSR count). The smallest absolute Gasteiger partial charge is 0.317 e. The Balaban J connectivity index is 2.08. The van der Waals surface area contributed by atoms with Crippen LogP contribution >= 0.6 is 34.2 Å². The molecular weight excluding hydrogens is 533 g/mol. The van der Waals surface area contributed by atoms with Gasteiger partial charge in [0.1, 0.15) is 12.1 Å². The molecule has 0 radical (unpaired) electrons. The van der Waals surface area contributed by atoms with Crippen molar-refractivity contribution in [2.24, 2.45) is 0 Å². The van der Waals surface area contributed by atoms with Crippen LogP contribution in [-0.2, 0) is 37.8 Å². The van der Waals surface area contributed by atoms with Gasteiger partial charge < -0.3 is 9.47 Å². The molecule has 0 atom stereocenters. The number of amides is 1. The maximum absolute atomic E-state index is 12.6. The highest BCUT2D eigenvalue weighted by Crippen LogP contribution is 2.37. The topological polar surface area (TPSA) is 73.7 Å². The highest BCUT2D eigenvalue weighted by molar-refractivity contribution is 14.1. The van der Waals surface area contributed by atoms with Crippen LogP contribution in [0.3, 0.4) is 0 Å². The highest BCUT2D eigenvalue weighted by atomic mass is 127. The molecule has 1 aliphatic heterocycles. The van der Waals surface area contributed by atoms with Gasteiger partial charge in [0.05, 0.1) is 30.1 Å². The Morgan fingerprint density at radius 3 is 2.61 bits per heavy atom. The predicted molar refractivity (Wildman–Crippen MR) is 128 cm³/mol. The number of methoxy groups -OCH3 is 1. The Hall–Kier alpha value is -1.91. The van der Waals surface area contributed by atoms with E-state index in [0.717, 1.165) is 12.0 Å². The lowest BCUT2D eigenvalue weighted by Crippen LogP contribution is -2.32. The fraction of sp³-hybridized carbons (Fsp3) is 0.409.